The maximum atomic E-state index is 12.3. The standard InChI is InChI=1S/C21H22N2O3/c1-14(20(12-22)21(26)7-6-19(25)13-24)15-2-3-17-11-18(23-8-9-23)5-4-16(17)10-15/h2-5,10-11,19,24-25H,6-9,13H2,1H3/b20-14+. The third-order valence-electron chi connectivity index (χ3n) is 4.75. The molecule has 2 aromatic rings. The molecule has 2 aromatic carbocycles. The number of fused-ring (bicyclic) bond motifs is 1. The molecule has 1 aliphatic rings. The largest absolute Gasteiger partial charge is 0.394 e. The number of anilines is 1. The van der Waals surface area contributed by atoms with E-state index in [1.165, 1.54) is 5.69 Å². The number of ketones is 1. The molecule has 5 heteroatoms. The molecule has 0 saturated carbocycles. The van der Waals surface area contributed by atoms with Crippen LogP contribution in [0.3, 0.4) is 0 Å². The Morgan fingerprint density at radius 3 is 2.58 bits per heavy atom. The third-order valence-corrected chi connectivity index (χ3v) is 4.75. The van der Waals surface area contributed by atoms with Gasteiger partial charge in [0, 0.05) is 25.2 Å². The first-order valence-electron chi connectivity index (χ1n) is 8.75. The van der Waals surface area contributed by atoms with Crippen molar-refractivity contribution in [1.82, 2.24) is 0 Å². The van der Waals surface area contributed by atoms with Gasteiger partial charge in [-0.05, 0) is 53.5 Å². The molecule has 26 heavy (non-hydrogen) atoms. The molecule has 0 aromatic heterocycles. The average Bonchev–Trinajstić information content (AvgIpc) is 3.50. The Kier molecular flexibility index (Phi) is 5.36. The summed E-state index contributed by atoms with van der Waals surface area (Å²) in [5.41, 5.74) is 2.79. The van der Waals surface area contributed by atoms with Crippen molar-refractivity contribution in [3.05, 3.63) is 47.5 Å². The molecule has 0 amide bonds. The zero-order valence-electron chi connectivity index (χ0n) is 14.8. The van der Waals surface area contributed by atoms with Crippen LogP contribution in [0.1, 0.15) is 25.3 Å². The maximum Gasteiger partial charge on any atom is 0.173 e. The number of allylic oxidation sites excluding steroid dienone is 2. The lowest BCUT2D eigenvalue weighted by Crippen LogP contribution is -2.14. The van der Waals surface area contributed by atoms with Crippen molar-refractivity contribution in [2.24, 2.45) is 0 Å². The Balaban J connectivity index is 1.87. The molecular weight excluding hydrogens is 328 g/mol. The normalized spacial score (nSPS) is 15.4. The Morgan fingerprint density at radius 2 is 1.92 bits per heavy atom. The monoisotopic (exact) mass is 350 g/mol. The number of aliphatic hydroxyl groups excluding tert-OH is 2. The van der Waals surface area contributed by atoms with Crippen LogP contribution in [-0.4, -0.2) is 41.8 Å². The Hall–Kier alpha value is -2.68. The summed E-state index contributed by atoms with van der Waals surface area (Å²) < 4.78 is 0. The van der Waals surface area contributed by atoms with Gasteiger partial charge < -0.3 is 15.1 Å². The minimum Gasteiger partial charge on any atom is -0.394 e. The Labute approximate surface area is 152 Å². The van der Waals surface area contributed by atoms with Crippen molar-refractivity contribution >= 4 is 27.8 Å². The molecule has 1 heterocycles. The van der Waals surface area contributed by atoms with Gasteiger partial charge in [0.25, 0.3) is 0 Å². The van der Waals surface area contributed by atoms with Crippen LogP contribution in [0.4, 0.5) is 5.69 Å². The first-order chi connectivity index (χ1) is 12.5. The lowest BCUT2D eigenvalue weighted by atomic mass is 9.95. The predicted molar refractivity (Wildman–Crippen MR) is 102 cm³/mol. The van der Waals surface area contributed by atoms with E-state index in [2.05, 4.69) is 23.1 Å². The number of nitrogens with zero attached hydrogens (tertiary/aromatic N) is 2. The topological polar surface area (TPSA) is 84.3 Å². The van der Waals surface area contributed by atoms with E-state index in [9.17, 15) is 15.2 Å². The molecule has 1 unspecified atom stereocenters. The molecule has 1 fully saturated rings. The molecule has 0 aliphatic carbocycles. The highest BCUT2D eigenvalue weighted by atomic mass is 16.3. The molecule has 1 saturated heterocycles. The van der Waals surface area contributed by atoms with Gasteiger partial charge in [-0.3, -0.25) is 4.79 Å². The number of nitriles is 1. The quantitative estimate of drug-likeness (QED) is 0.456. The van der Waals surface area contributed by atoms with Crippen LogP contribution >= 0.6 is 0 Å². The van der Waals surface area contributed by atoms with E-state index >= 15 is 0 Å². The van der Waals surface area contributed by atoms with Crippen molar-refractivity contribution in [2.45, 2.75) is 25.9 Å². The zero-order valence-corrected chi connectivity index (χ0v) is 14.8. The molecule has 1 atom stereocenters. The number of benzene rings is 2. The van der Waals surface area contributed by atoms with E-state index in [-0.39, 0.29) is 30.8 Å². The van der Waals surface area contributed by atoms with Gasteiger partial charge in [0.15, 0.2) is 5.78 Å². The van der Waals surface area contributed by atoms with E-state index in [0.717, 1.165) is 29.4 Å². The van der Waals surface area contributed by atoms with Crippen LogP contribution in [0.25, 0.3) is 16.3 Å². The molecule has 1 aliphatic heterocycles. The second-order valence-electron chi connectivity index (χ2n) is 6.64. The highest BCUT2D eigenvalue weighted by molar-refractivity contribution is 6.06. The number of rotatable bonds is 7. The fourth-order valence-corrected chi connectivity index (χ4v) is 2.98. The summed E-state index contributed by atoms with van der Waals surface area (Å²) in [6.45, 7) is 3.58. The number of carbonyl (C=O) groups excluding carboxylic acids is 1. The van der Waals surface area contributed by atoms with E-state index in [1.807, 2.05) is 24.3 Å². The number of hydrogen-bond acceptors (Lipinski definition) is 5. The van der Waals surface area contributed by atoms with Gasteiger partial charge in [-0.25, -0.2) is 0 Å². The fraction of sp³-hybridized carbons (Fsp3) is 0.333. The molecule has 0 radical (unpaired) electrons. The number of aliphatic hydroxyl groups is 2. The number of Topliss-reactive ketones (excluding diaryl/α,β-unsaturated/α-hetero) is 1. The summed E-state index contributed by atoms with van der Waals surface area (Å²) in [6, 6.07) is 14.2. The molecule has 5 nitrogen and oxygen atoms in total. The van der Waals surface area contributed by atoms with Gasteiger partial charge in [0.05, 0.1) is 18.3 Å². The first kappa shape index (κ1) is 18.1. The lowest BCUT2D eigenvalue weighted by Gasteiger charge is -2.10. The van der Waals surface area contributed by atoms with Crippen molar-refractivity contribution in [3.8, 4) is 6.07 Å². The van der Waals surface area contributed by atoms with Crippen molar-refractivity contribution in [1.29, 1.82) is 5.26 Å². The Bertz CT molecular complexity index is 907. The lowest BCUT2D eigenvalue weighted by molar-refractivity contribution is -0.115. The minimum atomic E-state index is -0.934. The van der Waals surface area contributed by atoms with Gasteiger partial charge in [-0.15, -0.1) is 0 Å². The molecule has 2 N–H and O–H groups in total. The second kappa shape index (κ2) is 7.69. The van der Waals surface area contributed by atoms with Crippen molar-refractivity contribution in [3.63, 3.8) is 0 Å². The van der Waals surface area contributed by atoms with E-state index in [1.54, 1.807) is 6.92 Å². The second-order valence-corrected chi connectivity index (χ2v) is 6.64. The summed E-state index contributed by atoms with van der Waals surface area (Å²) in [5, 5.41) is 29.9. The molecule has 134 valence electrons. The SMILES string of the molecule is C/C(=C(/C#N)C(=O)CCC(O)CO)c1ccc2cc(N3CC3)ccc2c1. The molecule has 0 spiro atoms. The summed E-state index contributed by atoms with van der Waals surface area (Å²) in [6.07, 6.45) is -0.754. The van der Waals surface area contributed by atoms with Crippen LogP contribution in [0.2, 0.25) is 0 Å². The Morgan fingerprint density at radius 1 is 1.23 bits per heavy atom. The van der Waals surface area contributed by atoms with Crippen LogP contribution in [0, 0.1) is 11.3 Å². The summed E-state index contributed by atoms with van der Waals surface area (Å²) in [4.78, 5) is 14.6. The molecule has 3 rings (SSSR count). The summed E-state index contributed by atoms with van der Waals surface area (Å²) in [5.74, 6) is -0.311. The van der Waals surface area contributed by atoms with Gasteiger partial charge in [0.2, 0.25) is 0 Å². The van der Waals surface area contributed by atoms with Crippen molar-refractivity contribution in [2.75, 3.05) is 24.6 Å². The average molecular weight is 350 g/mol. The highest BCUT2D eigenvalue weighted by Crippen LogP contribution is 2.29. The molecule has 0 bridgehead atoms. The predicted octanol–water partition coefficient (Wildman–Crippen LogP) is 2.66. The third kappa shape index (κ3) is 3.93. The summed E-state index contributed by atoms with van der Waals surface area (Å²) >= 11 is 0. The van der Waals surface area contributed by atoms with Gasteiger partial charge in [0.1, 0.15) is 6.07 Å². The maximum absolute atomic E-state index is 12.3. The van der Waals surface area contributed by atoms with Crippen LogP contribution in [-0.2, 0) is 4.79 Å². The van der Waals surface area contributed by atoms with Gasteiger partial charge >= 0.3 is 0 Å². The minimum absolute atomic E-state index is 0.0364. The fourth-order valence-electron chi connectivity index (χ4n) is 2.98. The number of carbonyl (C=O) groups is 1. The smallest absolute Gasteiger partial charge is 0.173 e. The van der Waals surface area contributed by atoms with Crippen LogP contribution in [0.15, 0.2) is 42.0 Å². The summed E-state index contributed by atoms with van der Waals surface area (Å²) in [7, 11) is 0. The number of hydrogen-bond donors (Lipinski definition) is 2. The van der Waals surface area contributed by atoms with Crippen LogP contribution < -0.4 is 4.90 Å². The highest BCUT2D eigenvalue weighted by Gasteiger charge is 2.18. The first-order valence-corrected chi connectivity index (χ1v) is 8.75. The van der Waals surface area contributed by atoms with E-state index in [0.29, 0.717) is 5.57 Å². The van der Waals surface area contributed by atoms with Gasteiger partial charge in [-0.1, -0.05) is 18.2 Å². The molecular formula is C21H22N2O3. The van der Waals surface area contributed by atoms with Gasteiger partial charge in [-0.2, -0.15) is 5.26 Å². The van der Waals surface area contributed by atoms with Crippen LogP contribution in [0.5, 0.6) is 0 Å². The van der Waals surface area contributed by atoms with Crippen molar-refractivity contribution < 1.29 is 15.0 Å². The van der Waals surface area contributed by atoms with E-state index in [4.69, 9.17) is 5.11 Å². The van der Waals surface area contributed by atoms with E-state index < -0.39 is 6.10 Å². The zero-order chi connectivity index (χ0) is 18.7.